The molecular weight excluding hydrogens is 324 g/mol. The summed E-state index contributed by atoms with van der Waals surface area (Å²) in [6, 6.07) is 4.00. The van der Waals surface area contributed by atoms with Gasteiger partial charge >= 0.3 is 0 Å². The second kappa shape index (κ2) is 7.12. The van der Waals surface area contributed by atoms with Crippen molar-refractivity contribution in [2.75, 3.05) is 39.3 Å². The molecule has 1 heterocycles. The number of β-amino-alcohol motifs (C(OH)–C–C–N with tert-alkyl or cyclic N) is 1. The van der Waals surface area contributed by atoms with Crippen molar-refractivity contribution < 1.29 is 13.5 Å². The maximum absolute atomic E-state index is 13.1. The molecule has 0 atom stereocenters. The third-order valence-electron chi connectivity index (χ3n) is 4.67. The highest BCUT2D eigenvalue weighted by atomic mass is 32.2. The topological polar surface area (TPSA) is 60.9 Å². The lowest BCUT2D eigenvalue weighted by molar-refractivity contribution is 0.151. The van der Waals surface area contributed by atoms with Crippen LogP contribution < -0.4 is 0 Å². The zero-order valence-corrected chi connectivity index (χ0v) is 16.3. The summed E-state index contributed by atoms with van der Waals surface area (Å²) in [5.74, 6) is 0. The lowest BCUT2D eigenvalue weighted by Gasteiger charge is -2.34. The highest BCUT2D eigenvalue weighted by molar-refractivity contribution is 7.89. The first-order chi connectivity index (χ1) is 11.1. The Kier molecular flexibility index (Phi) is 5.75. The zero-order valence-electron chi connectivity index (χ0n) is 15.5. The molecule has 1 saturated heterocycles. The summed E-state index contributed by atoms with van der Waals surface area (Å²) in [6.45, 7) is 13.2. The molecule has 1 fully saturated rings. The maximum atomic E-state index is 13.1. The van der Waals surface area contributed by atoms with Crippen LogP contribution >= 0.6 is 0 Å². The van der Waals surface area contributed by atoms with Gasteiger partial charge in [0, 0.05) is 32.7 Å². The molecule has 0 amide bonds. The summed E-state index contributed by atoms with van der Waals surface area (Å²) in [7, 11) is -3.48. The van der Waals surface area contributed by atoms with Crippen molar-refractivity contribution in [3.8, 4) is 0 Å². The number of aliphatic hydroxyl groups is 1. The summed E-state index contributed by atoms with van der Waals surface area (Å²) >= 11 is 0. The van der Waals surface area contributed by atoms with Gasteiger partial charge in [0.2, 0.25) is 10.0 Å². The van der Waals surface area contributed by atoms with Gasteiger partial charge in [-0.2, -0.15) is 4.31 Å². The van der Waals surface area contributed by atoms with E-state index in [1.54, 1.807) is 4.31 Å². The summed E-state index contributed by atoms with van der Waals surface area (Å²) in [5, 5.41) is 9.01. The minimum Gasteiger partial charge on any atom is -0.395 e. The molecule has 0 unspecified atom stereocenters. The van der Waals surface area contributed by atoms with Crippen molar-refractivity contribution >= 4 is 10.0 Å². The van der Waals surface area contributed by atoms with Crippen molar-refractivity contribution in [2.45, 2.75) is 44.9 Å². The van der Waals surface area contributed by atoms with Crippen LogP contribution in [0.15, 0.2) is 17.0 Å². The predicted octanol–water partition coefficient (Wildman–Crippen LogP) is 1.90. The molecule has 1 aliphatic heterocycles. The Labute approximate surface area is 146 Å². The Hall–Kier alpha value is -0.950. The molecule has 1 aliphatic rings. The number of benzene rings is 1. The van der Waals surface area contributed by atoms with E-state index >= 15 is 0 Å². The predicted molar refractivity (Wildman–Crippen MR) is 96.9 cm³/mol. The summed E-state index contributed by atoms with van der Waals surface area (Å²) in [5.41, 5.74) is 2.79. The van der Waals surface area contributed by atoms with Crippen LogP contribution in [0.5, 0.6) is 0 Å². The number of hydrogen-bond donors (Lipinski definition) is 1. The smallest absolute Gasteiger partial charge is 0.243 e. The molecule has 2 rings (SSSR count). The minimum absolute atomic E-state index is 0.00622. The molecule has 6 heteroatoms. The van der Waals surface area contributed by atoms with E-state index in [4.69, 9.17) is 5.11 Å². The second-order valence-electron chi connectivity index (χ2n) is 7.66. The van der Waals surface area contributed by atoms with E-state index in [2.05, 4.69) is 25.7 Å². The Morgan fingerprint density at radius 3 is 1.96 bits per heavy atom. The van der Waals surface area contributed by atoms with Gasteiger partial charge in [-0.3, -0.25) is 4.90 Å². The van der Waals surface area contributed by atoms with Gasteiger partial charge in [0.05, 0.1) is 11.5 Å². The Bertz CT molecular complexity index is 662. The third-order valence-corrected chi connectivity index (χ3v) is 6.88. The average Bonchev–Trinajstić information content (AvgIpc) is 2.46. The molecule has 136 valence electrons. The fourth-order valence-electron chi connectivity index (χ4n) is 3.25. The van der Waals surface area contributed by atoms with Gasteiger partial charge in [0.25, 0.3) is 0 Å². The number of aliphatic hydroxyl groups excluding tert-OH is 1. The molecule has 0 spiro atoms. The van der Waals surface area contributed by atoms with Crippen molar-refractivity contribution in [1.82, 2.24) is 9.21 Å². The molecule has 1 aromatic rings. The Morgan fingerprint density at radius 2 is 1.54 bits per heavy atom. The van der Waals surface area contributed by atoms with Gasteiger partial charge in [-0.1, -0.05) is 32.9 Å². The van der Waals surface area contributed by atoms with E-state index in [1.807, 2.05) is 26.0 Å². The van der Waals surface area contributed by atoms with Gasteiger partial charge in [-0.05, 0) is 36.0 Å². The molecular formula is C18H30N2O3S. The fourth-order valence-corrected chi connectivity index (χ4v) is 5.09. The molecule has 0 radical (unpaired) electrons. The number of aryl methyl sites for hydroxylation is 2. The molecule has 5 nitrogen and oxygen atoms in total. The first kappa shape index (κ1) is 19.4. The summed E-state index contributed by atoms with van der Waals surface area (Å²) in [4.78, 5) is 2.54. The molecule has 0 saturated carbocycles. The van der Waals surface area contributed by atoms with Crippen LogP contribution in [-0.2, 0) is 15.4 Å². The van der Waals surface area contributed by atoms with E-state index in [1.165, 1.54) is 0 Å². The maximum Gasteiger partial charge on any atom is 0.243 e. The van der Waals surface area contributed by atoms with Crippen LogP contribution in [0, 0.1) is 13.8 Å². The lowest BCUT2D eigenvalue weighted by atomic mass is 9.85. The average molecular weight is 355 g/mol. The summed E-state index contributed by atoms with van der Waals surface area (Å²) in [6.07, 6.45) is 0. The van der Waals surface area contributed by atoms with Crippen LogP contribution in [0.2, 0.25) is 0 Å². The largest absolute Gasteiger partial charge is 0.395 e. The van der Waals surface area contributed by atoms with Crippen molar-refractivity contribution in [1.29, 1.82) is 0 Å². The zero-order chi connectivity index (χ0) is 18.1. The number of hydrogen-bond acceptors (Lipinski definition) is 4. The molecule has 0 bridgehead atoms. The van der Waals surface area contributed by atoms with E-state index < -0.39 is 10.0 Å². The van der Waals surface area contributed by atoms with Crippen LogP contribution in [-0.4, -0.2) is 62.1 Å². The lowest BCUT2D eigenvalue weighted by Crippen LogP contribution is -2.49. The van der Waals surface area contributed by atoms with Crippen LogP contribution in [0.3, 0.4) is 0 Å². The SMILES string of the molecule is Cc1cc(C(C)(C)C)cc(C)c1S(=O)(=O)N1CCN(CCO)CC1. The number of piperazine rings is 1. The van der Waals surface area contributed by atoms with E-state index in [0.29, 0.717) is 37.6 Å². The van der Waals surface area contributed by atoms with Gasteiger partial charge in [0.1, 0.15) is 0 Å². The molecule has 0 aromatic heterocycles. The standard InChI is InChI=1S/C18H30N2O3S/c1-14-12-16(18(3,4)5)13-15(2)17(14)24(22,23)20-8-6-19(7-9-20)10-11-21/h12-13,21H,6-11H2,1-5H3. The normalized spacial score (nSPS) is 18.1. The van der Waals surface area contributed by atoms with Crippen LogP contribution in [0.4, 0.5) is 0 Å². The monoisotopic (exact) mass is 354 g/mol. The van der Waals surface area contributed by atoms with Crippen molar-refractivity contribution in [2.24, 2.45) is 0 Å². The van der Waals surface area contributed by atoms with Gasteiger partial charge < -0.3 is 5.11 Å². The van der Waals surface area contributed by atoms with Gasteiger partial charge in [0.15, 0.2) is 0 Å². The quantitative estimate of drug-likeness (QED) is 0.897. The van der Waals surface area contributed by atoms with Gasteiger partial charge in [-0.15, -0.1) is 0 Å². The Morgan fingerprint density at radius 1 is 1.04 bits per heavy atom. The van der Waals surface area contributed by atoms with E-state index in [9.17, 15) is 8.42 Å². The molecule has 0 aliphatic carbocycles. The highest BCUT2D eigenvalue weighted by Crippen LogP contribution is 2.31. The molecule has 1 N–H and O–H groups in total. The fraction of sp³-hybridized carbons (Fsp3) is 0.667. The van der Waals surface area contributed by atoms with Crippen LogP contribution in [0.25, 0.3) is 0 Å². The van der Waals surface area contributed by atoms with Crippen molar-refractivity contribution in [3.05, 3.63) is 28.8 Å². The second-order valence-corrected chi connectivity index (χ2v) is 9.53. The third kappa shape index (κ3) is 3.99. The van der Waals surface area contributed by atoms with Crippen molar-refractivity contribution in [3.63, 3.8) is 0 Å². The highest BCUT2D eigenvalue weighted by Gasteiger charge is 2.31. The number of nitrogens with zero attached hydrogens (tertiary/aromatic N) is 2. The number of rotatable bonds is 4. The molecule has 24 heavy (non-hydrogen) atoms. The first-order valence-electron chi connectivity index (χ1n) is 8.52. The molecule has 1 aromatic carbocycles. The van der Waals surface area contributed by atoms with E-state index in [0.717, 1.165) is 16.7 Å². The van der Waals surface area contributed by atoms with E-state index in [-0.39, 0.29) is 12.0 Å². The number of sulfonamides is 1. The minimum atomic E-state index is -3.48. The first-order valence-corrected chi connectivity index (χ1v) is 9.96. The van der Waals surface area contributed by atoms with Crippen LogP contribution in [0.1, 0.15) is 37.5 Å². The summed E-state index contributed by atoms with van der Waals surface area (Å²) < 4.78 is 27.8. The van der Waals surface area contributed by atoms with Gasteiger partial charge in [-0.25, -0.2) is 8.42 Å². The Balaban J connectivity index is 2.31.